The van der Waals surface area contributed by atoms with Crippen molar-refractivity contribution in [3.63, 3.8) is 0 Å². The Morgan fingerprint density at radius 2 is 1.28 bits per heavy atom. The maximum absolute atomic E-state index is 12.8. The SMILES string of the molecule is C=C1C(=O)CCCC(O[Si](C)(C)C(C)(C)C)[C](C)CC[C@@H]1O[Si](C)(C)C(C)(C)C. The van der Waals surface area contributed by atoms with Crippen LogP contribution in [0.3, 0.4) is 0 Å². The van der Waals surface area contributed by atoms with Crippen molar-refractivity contribution in [2.45, 2.75) is 129 Å². The van der Waals surface area contributed by atoms with Gasteiger partial charge in [0.15, 0.2) is 22.4 Å². The fourth-order valence-corrected chi connectivity index (χ4v) is 5.79. The first kappa shape index (κ1) is 26.8. The zero-order chi connectivity index (χ0) is 22.8. The Kier molecular flexibility index (Phi) is 8.77. The minimum Gasteiger partial charge on any atom is -0.413 e. The van der Waals surface area contributed by atoms with Crippen molar-refractivity contribution in [3.05, 3.63) is 18.1 Å². The lowest BCUT2D eigenvalue weighted by Crippen LogP contribution is -2.46. The standard InChI is InChI=1S/C24H47O3Si2/c1-18-16-17-22(27-29(11,12)24(6,7)8)19(2)20(25)14-13-15-21(18)26-28(9,10)23(3,4)5/h21-22H,2,13-17H2,1,3-12H3/t21?,22-/m0/s1. The van der Waals surface area contributed by atoms with Crippen molar-refractivity contribution >= 4 is 22.4 Å². The lowest BCUT2D eigenvalue weighted by Gasteiger charge is -2.42. The summed E-state index contributed by atoms with van der Waals surface area (Å²) in [7, 11) is -3.84. The predicted molar refractivity (Wildman–Crippen MR) is 130 cm³/mol. The fourth-order valence-electron chi connectivity index (χ4n) is 3.08. The van der Waals surface area contributed by atoms with Crippen molar-refractivity contribution in [1.29, 1.82) is 0 Å². The van der Waals surface area contributed by atoms with Gasteiger partial charge in [-0.1, -0.05) is 55.0 Å². The van der Waals surface area contributed by atoms with Gasteiger partial charge in [-0.05, 0) is 61.9 Å². The number of carbonyl (C=O) groups excluding carboxylic acids is 1. The van der Waals surface area contributed by atoms with E-state index in [9.17, 15) is 4.79 Å². The number of rotatable bonds is 4. The molecule has 1 rings (SSSR count). The molecule has 0 aromatic rings. The van der Waals surface area contributed by atoms with Gasteiger partial charge in [0, 0.05) is 17.9 Å². The van der Waals surface area contributed by atoms with Crippen LogP contribution in [0, 0.1) is 5.92 Å². The second kappa shape index (κ2) is 9.50. The maximum Gasteiger partial charge on any atom is 0.192 e. The lowest BCUT2D eigenvalue weighted by molar-refractivity contribution is -0.116. The van der Waals surface area contributed by atoms with Crippen LogP contribution >= 0.6 is 0 Å². The zero-order valence-electron chi connectivity index (χ0n) is 21.1. The van der Waals surface area contributed by atoms with Crippen molar-refractivity contribution in [1.82, 2.24) is 0 Å². The molecule has 3 nitrogen and oxygen atoms in total. The van der Waals surface area contributed by atoms with Gasteiger partial charge in [0.1, 0.15) is 0 Å². The summed E-state index contributed by atoms with van der Waals surface area (Å²) in [6.07, 6.45) is 4.02. The minimum atomic E-state index is -1.98. The highest BCUT2D eigenvalue weighted by molar-refractivity contribution is 6.74. The maximum atomic E-state index is 12.8. The van der Waals surface area contributed by atoms with Crippen LogP contribution in [0.2, 0.25) is 36.3 Å². The van der Waals surface area contributed by atoms with Crippen LogP contribution in [-0.4, -0.2) is 34.6 Å². The summed E-state index contributed by atoms with van der Waals surface area (Å²) >= 11 is 0. The first-order valence-electron chi connectivity index (χ1n) is 11.3. The molecule has 169 valence electrons. The fraction of sp³-hybridized carbons (Fsp3) is 0.833. The molecule has 1 fully saturated rings. The molecule has 5 heteroatoms. The number of ketones is 1. The van der Waals surface area contributed by atoms with E-state index in [1.807, 2.05) is 0 Å². The van der Waals surface area contributed by atoms with Crippen LogP contribution in [0.5, 0.6) is 0 Å². The summed E-state index contributed by atoms with van der Waals surface area (Å²) in [5.74, 6) is 1.56. The minimum absolute atomic E-state index is 0.110. The molecule has 0 amide bonds. The summed E-state index contributed by atoms with van der Waals surface area (Å²) in [6.45, 7) is 29.1. The molecule has 1 aliphatic rings. The molecule has 0 bridgehead atoms. The van der Waals surface area contributed by atoms with Crippen molar-refractivity contribution in [2.75, 3.05) is 0 Å². The second-order valence-electron chi connectivity index (χ2n) is 12.0. The van der Waals surface area contributed by atoms with Crippen molar-refractivity contribution in [3.8, 4) is 0 Å². The Morgan fingerprint density at radius 1 is 0.828 bits per heavy atom. The van der Waals surface area contributed by atoms with E-state index in [1.165, 1.54) is 5.92 Å². The summed E-state index contributed by atoms with van der Waals surface area (Å²) in [5.41, 5.74) is 0.673. The molecule has 1 radical (unpaired) electrons. The smallest absolute Gasteiger partial charge is 0.192 e. The second-order valence-corrected chi connectivity index (χ2v) is 21.5. The predicted octanol–water partition coefficient (Wildman–Crippen LogP) is 7.45. The third kappa shape index (κ3) is 7.15. The van der Waals surface area contributed by atoms with Crippen LogP contribution in [0.25, 0.3) is 0 Å². The van der Waals surface area contributed by atoms with Crippen LogP contribution in [0.15, 0.2) is 12.2 Å². The highest BCUT2D eigenvalue weighted by atomic mass is 28.4. The quantitative estimate of drug-likeness (QED) is 0.337. The van der Waals surface area contributed by atoms with Crippen LogP contribution in [-0.2, 0) is 13.6 Å². The van der Waals surface area contributed by atoms with E-state index < -0.39 is 16.6 Å². The summed E-state index contributed by atoms with van der Waals surface area (Å²) in [6, 6.07) is 0. The molecule has 0 aromatic heterocycles. The van der Waals surface area contributed by atoms with E-state index in [1.54, 1.807) is 0 Å². The topological polar surface area (TPSA) is 35.5 Å². The van der Waals surface area contributed by atoms with E-state index in [0.29, 0.717) is 12.0 Å². The van der Waals surface area contributed by atoms with Crippen LogP contribution in [0.4, 0.5) is 0 Å². The molecule has 1 saturated carbocycles. The van der Waals surface area contributed by atoms with Gasteiger partial charge in [0.25, 0.3) is 0 Å². The molecule has 2 atom stereocenters. The van der Waals surface area contributed by atoms with Crippen molar-refractivity contribution in [2.24, 2.45) is 0 Å². The Labute approximate surface area is 183 Å². The molecule has 0 spiro atoms. The summed E-state index contributed by atoms with van der Waals surface area (Å²) < 4.78 is 13.4. The molecular weight excluding hydrogens is 392 g/mol. The number of hydrogen-bond acceptors (Lipinski definition) is 3. The number of Topliss-reactive ketones (excluding diaryl/α,β-unsaturated/α-hetero) is 1. The highest BCUT2D eigenvalue weighted by Crippen LogP contribution is 2.41. The monoisotopic (exact) mass is 439 g/mol. The first-order valence-corrected chi connectivity index (χ1v) is 17.1. The third-order valence-electron chi connectivity index (χ3n) is 7.45. The Bertz CT molecular complexity index is 582. The Hall–Kier alpha value is -0.236. The van der Waals surface area contributed by atoms with Gasteiger partial charge in [-0.15, -0.1) is 0 Å². The van der Waals surface area contributed by atoms with E-state index in [0.717, 1.165) is 25.7 Å². The first-order chi connectivity index (χ1) is 12.9. The van der Waals surface area contributed by atoms with Crippen LogP contribution in [0.1, 0.15) is 80.6 Å². The Balaban J connectivity index is 3.02. The molecule has 0 aromatic carbocycles. The van der Waals surface area contributed by atoms with Gasteiger partial charge >= 0.3 is 0 Å². The molecule has 0 aliphatic heterocycles. The van der Waals surface area contributed by atoms with Gasteiger partial charge in [-0.25, -0.2) is 0 Å². The van der Waals surface area contributed by atoms with E-state index >= 15 is 0 Å². The molecule has 0 heterocycles. The molecule has 0 N–H and O–H groups in total. The molecule has 1 unspecified atom stereocenters. The van der Waals surface area contributed by atoms with Gasteiger partial charge in [0.05, 0.1) is 12.2 Å². The average molecular weight is 440 g/mol. The molecule has 0 saturated heterocycles. The van der Waals surface area contributed by atoms with Crippen LogP contribution < -0.4 is 0 Å². The summed E-state index contributed by atoms with van der Waals surface area (Å²) in [5, 5.41) is 0.291. The highest BCUT2D eigenvalue weighted by Gasteiger charge is 2.42. The van der Waals surface area contributed by atoms with E-state index in [2.05, 4.69) is 81.2 Å². The third-order valence-corrected chi connectivity index (χ3v) is 16.4. The Morgan fingerprint density at radius 3 is 1.72 bits per heavy atom. The van der Waals surface area contributed by atoms with Crippen molar-refractivity contribution < 1.29 is 13.6 Å². The van der Waals surface area contributed by atoms with E-state index in [-0.39, 0.29) is 28.1 Å². The van der Waals surface area contributed by atoms with E-state index in [4.69, 9.17) is 8.85 Å². The normalized spacial score (nSPS) is 24.7. The van der Waals surface area contributed by atoms with Gasteiger partial charge < -0.3 is 8.85 Å². The van der Waals surface area contributed by atoms with Gasteiger partial charge in [-0.3, -0.25) is 4.79 Å². The lowest BCUT2D eigenvalue weighted by atomic mass is 9.88. The molecule has 29 heavy (non-hydrogen) atoms. The number of carbonyl (C=O) groups is 1. The molecular formula is C24H47O3Si2. The van der Waals surface area contributed by atoms with Gasteiger partial charge in [-0.2, -0.15) is 0 Å². The summed E-state index contributed by atoms with van der Waals surface area (Å²) in [4.78, 5) is 12.8. The largest absolute Gasteiger partial charge is 0.413 e. The van der Waals surface area contributed by atoms with Gasteiger partial charge in [0.2, 0.25) is 0 Å². The zero-order valence-corrected chi connectivity index (χ0v) is 23.1. The average Bonchev–Trinajstić information content (AvgIpc) is 2.53. The number of hydrogen-bond donors (Lipinski definition) is 0. The molecule has 1 aliphatic carbocycles.